The van der Waals surface area contributed by atoms with Gasteiger partial charge >= 0.3 is 5.97 Å². The summed E-state index contributed by atoms with van der Waals surface area (Å²) in [5.74, 6) is -0.376. The van der Waals surface area contributed by atoms with Crippen molar-refractivity contribution in [1.82, 2.24) is 4.98 Å². The molecule has 0 spiro atoms. The van der Waals surface area contributed by atoms with E-state index in [1.807, 2.05) is 0 Å². The summed E-state index contributed by atoms with van der Waals surface area (Å²) in [7, 11) is 1.37. The van der Waals surface area contributed by atoms with Crippen LogP contribution in [0.1, 0.15) is 36.7 Å². The van der Waals surface area contributed by atoms with E-state index in [4.69, 9.17) is 0 Å². The van der Waals surface area contributed by atoms with Gasteiger partial charge in [0.15, 0.2) is 10.8 Å². The molecule has 1 fully saturated rings. The van der Waals surface area contributed by atoms with Crippen molar-refractivity contribution in [1.29, 1.82) is 0 Å². The second-order valence-electron chi connectivity index (χ2n) is 4.55. The maximum absolute atomic E-state index is 11.2. The van der Waals surface area contributed by atoms with E-state index < -0.39 is 0 Å². The number of carbonyl (C=O) groups excluding carboxylic acids is 1. The molecular formula is C11H16N2O2S. The van der Waals surface area contributed by atoms with Crippen molar-refractivity contribution < 1.29 is 9.53 Å². The van der Waals surface area contributed by atoms with Crippen LogP contribution in [0.5, 0.6) is 0 Å². The van der Waals surface area contributed by atoms with Crippen LogP contribution in [0.3, 0.4) is 0 Å². The van der Waals surface area contributed by atoms with Crippen molar-refractivity contribution in [3.63, 3.8) is 0 Å². The highest BCUT2D eigenvalue weighted by Crippen LogP contribution is 2.40. The summed E-state index contributed by atoms with van der Waals surface area (Å²) in [5, 5.41) is 5.81. The smallest absolute Gasteiger partial charge is 0.357 e. The number of nitrogens with one attached hydrogen (secondary N) is 1. The average Bonchev–Trinajstić information content (AvgIpc) is 2.71. The van der Waals surface area contributed by atoms with E-state index in [1.165, 1.54) is 37.7 Å². The molecule has 1 aliphatic carbocycles. The third-order valence-electron chi connectivity index (χ3n) is 3.13. The summed E-state index contributed by atoms with van der Waals surface area (Å²) in [6, 6.07) is 0. The highest BCUT2D eigenvalue weighted by Gasteiger charge is 2.31. The van der Waals surface area contributed by atoms with Gasteiger partial charge in [0.05, 0.1) is 7.11 Å². The highest BCUT2D eigenvalue weighted by atomic mass is 32.1. The Morgan fingerprint density at radius 3 is 3.00 bits per heavy atom. The number of thiazole rings is 1. The summed E-state index contributed by atoms with van der Waals surface area (Å²) >= 11 is 1.45. The van der Waals surface area contributed by atoms with Gasteiger partial charge in [0.1, 0.15) is 0 Å². The van der Waals surface area contributed by atoms with Crippen molar-refractivity contribution in [2.45, 2.75) is 26.2 Å². The molecule has 0 aliphatic heterocycles. The second kappa shape index (κ2) is 4.41. The molecule has 2 rings (SSSR count). The number of nitrogens with zero attached hydrogens (tertiary/aromatic N) is 1. The Labute approximate surface area is 99.0 Å². The van der Waals surface area contributed by atoms with Gasteiger partial charge in [0.25, 0.3) is 0 Å². The fourth-order valence-electron chi connectivity index (χ4n) is 1.80. The van der Waals surface area contributed by atoms with Crippen molar-refractivity contribution in [3.05, 3.63) is 11.1 Å². The number of methoxy groups -OCH3 is 1. The predicted molar refractivity (Wildman–Crippen MR) is 63.9 cm³/mol. The molecule has 1 aliphatic rings. The largest absolute Gasteiger partial charge is 0.464 e. The minimum absolute atomic E-state index is 0.376. The van der Waals surface area contributed by atoms with Crippen molar-refractivity contribution in [3.8, 4) is 0 Å². The molecule has 1 aromatic rings. The lowest BCUT2D eigenvalue weighted by Gasteiger charge is -2.38. The van der Waals surface area contributed by atoms with Crippen LogP contribution >= 0.6 is 11.3 Å². The van der Waals surface area contributed by atoms with E-state index in [1.54, 1.807) is 5.38 Å². The first-order chi connectivity index (χ1) is 7.63. The maximum atomic E-state index is 11.2. The van der Waals surface area contributed by atoms with Crippen LogP contribution in [-0.4, -0.2) is 24.6 Å². The Bertz CT molecular complexity index is 385. The van der Waals surface area contributed by atoms with Crippen LogP contribution in [0.4, 0.5) is 5.13 Å². The van der Waals surface area contributed by atoms with Gasteiger partial charge in [-0.15, -0.1) is 11.3 Å². The summed E-state index contributed by atoms with van der Waals surface area (Å²) in [6.45, 7) is 3.21. The number of anilines is 1. The first-order valence-corrected chi connectivity index (χ1v) is 6.29. The number of hydrogen-bond acceptors (Lipinski definition) is 5. The number of carbonyl (C=O) groups is 1. The average molecular weight is 240 g/mol. The minimum atomic E-state index is -0.376. The molecule has 0 unspecified atom stereocenters. The molecule has 0 aromatic carbocycles. The van der Waals surface area contributed by atoms with Gasteiger partial charge in [-0.3, -0.25) is 0 Å². The van der Waals surface area contributed by atoms with Gasteiger partial charge in [0.2, 0.25) is 0 Å². The number of hydrogen-bond donors (Lipinski definition) is 1. The van der Waals surface area contributed by atoms with Crippen LogP contribution in [0.2, 0.25) is 0 Å². The molecule has 1 N–H and O–H groups in total. The summed E-state index contributed by atoms with van der Waals surface area (Å²) in [4.78, 5) is 15.4. The first-order valence-electron chi connectivity index (χ1n) is 5.41. The Balaban J connectivity index is 1.90. The first kappa shape index (κ1) is 11.4. The Hall–Kier alpha value is -1.10. The van der Waals surface area contributed by atoms with E-state index >= 15 is 0 Å². The fourth-order valence-corrected chi connectivity index (χ4v) is 2.48. The predicted octanol–water partition coefficient (Wildman–Crippen LogP) is 2.53. The van der Waals surface area contributed by atoms with E-state index in [2.05, 4.69) is 22.0 Å². The van der Waals surface area contributed by atoms with Crippen LogP contribution in [0.15, 0.2) is 5.38 Å². The molecule has 1 heterocycles. The van der Waals surface area contributed by atoms with E-state index in [0.717, 1.165) is 11.7 Å². The molecule has 16 heavy (non-hydrogen) atoms. The minimum Gasteiger partial charge on any atom is -0.464 e. The molecule has 0 bridgehead atoms. The Kier molecular flexibility index (Phi) is 3.14. The molecule has 1 aromatic heterocycles. The zero-order valence-corrected chi connectivity index (χ0v) is 10.4. The number of ether oxygens (including phenoxy) is 1. The standard InChI is InChI=1S/C11H16N2O2S/c1-11(4-3-5-11)7-12-10-13-8(6-16-10)9(14)15-2/h6H,3-5,7H2,1-2H3,(H,12,13). The molecule has 4 nitrogen and oxygen atoms in total. The Morgan fingerprint density at radius 1 is 1.69 bits per heavy atom. The quantitative estimate of drug-likeness (QED) is 0.822. The SMILES string of the molecule is COC(=O)c1csc(NCC2(C)CCC2)n1. The molecule has 88 valence electrons. The van der Waals surface area contributed by atoms with Crippen LogP contribution in [0.25, 0.3) is 0 Å². The Morgan fingerprint density at radius 2 is 2.44 bits per heavy atom. The summed E-state index contributed by atoms with van der Waals surface area (Å²) < 4.78 is 4.60. The number of aromatic nitrogens is 1. The second-order valence-corrected chi connectivity index (χ2v) is 5.41. The molecule has 0 atom stereocenters. The zero-order valence-electron chi connectivity index (χ0n) is 9.58. The lowest BCUT2D eigenvalue weighted by molar-refractivity contribution is 0.0595. The lowest BCUT2D eigenvalue weighted by Crippen LogP contribution is -2.33. The molecule has 5 heteroatoms. The molecule has 0 amide bonds. The van der Waals surface area contributed by atoms with Gasteiger partial charge in [-0.05, 0) is 18.3 Å². The van der Waals surface area contributed by atoms with E-state index in [9.17, 15) is 4.79 Å². The topological polar surface area (TPSA) is 51.2 Å². The molecule has 1 saturated carbocycles. The van der Waals surface area contributed by atoms with Crippen LogP contribution < -0.4 is 5.32 Å². The molecule has 0 radical (unpaired) electrons. The summed E-state index contributed by atoms with van der Waals surface area (Å²) in [6.07, 6.45) is 3.87. The van der Waals surface area contributed by atoms with Crippen molar-refractivity contribution in [2.75, 3.05) is 19.0 Å². The van der Waals surface area contributed by atoms with Crippen molar-refractivity contribution >= 4 is 22.4 Å². The van der Waals surface area contributed by atoms with Crippen LogP contribution in [0, 0.1) is 5.41 Å². The van der Waals surface area contributed by atoms with Gasteiger partial charge < -0.3 is 10.1 Å². The molecular weight excluding hydrogens is 224 g/mol. The third kappa shape index (κ3) is 2.35. The normalized spacial score (nSPS) is 17.6. The molecule has 0 saturated heterocycles. The van der Waals surface area contributed by atoms with Gasteiger partial charge in [0, 0.05) is 11.9 Å². The lowest BCUT2D eigenvalue weighted by atomic mass is 9.70. The van der Waals surface area contributed by atoms with E-state index in [-0.39, 0.29) is 5.97 Å². The fraction of sp³-hybridized carbons (Fsp3) is 0.636. The van der Waals surface area contributed by atoms with Crippen LogP contribution in [-0.2, 0) is 4.74 Å². The number of esters is 1. The monoisotopic (exact) mass is 240 g/mol. The highest BCUT2D eigenvalue weighted by molar-refractivity contribution is 7.13. The van der Waals surface area contributed by atoms with Gasteiger partial charge in [-0.25, -0.2) is 9.78 Å². The van der Waals surface area contributed by atoms with E-state index in [0.29, 0.717) is 11.1 Å². The number of rotatable bonds is 4. The van der Waals surface area contributed by atoms with Gasteiger partial charge in [-0.2, -0.15) is 0 Å². The third-order valence-corrected chi connectivity index (χ3v) is 3.93. The maximum Gasteiger partial charge on any atom is 0.357 e. The van der Waals surface area contributed by atoms with Crippen molar-refractivity contribution in [2.24, 2.45) is 5.41 Å². The zero-order chi connectivity index (χ0) is 11.6. The van der Waals surface area contributed by atoms with Gasteiger partial charge in [-0.1, -0.05) is 13.3 Å². The summed E-state index contributed by atoms with van der Waals surface area (Å²) in [5.41, 5.74) is 0.797.